The fourth-order valence-electron chi connectivity index (χ4n) is 4.35. The summed E-state index contributed by atoms with van der Waals surface area (Å²) in [4.78, 5) is 12.7. The Balaban J connectivity index is 0.00000225. The lowest BCUT2D eigenvalue weighted by Gasteiger charge is -2.28. The second-order valence-electron chi connectivity index (χ2n) is 8.57. The summed E-state index contributed by atoms with van der Waals surface area (Å²) in [6.07, 6.45) is 5.65. The largest absolute Gasteiger partial charge is 0.316 e. The number of amides is 1. The summed E-state index contributed by atoms with van der Waals surface area (Å²) in [5, 5.41) is 11.1. The number of hydrogen-bond donors (Lipinski definition) is 2. The van der Waals surface area contributed by atoms with Crippen molar-refractivity contribution in [2.75, 3.05) is 29.9 Å². The van der Waals surface area contributed by atoms with Crippen LogP contribution in [0.1, 0.15) is 63.1 Å². The lowest BCUT2D eigenvalue weighted by molar-refractivity contribution is -0.117. The van der Waals surface area contributed by atoms with Gasteiger partial charge in [0.2, 0.25) is 5.91 Å². The molecule has 1 aromatic heterocycles. The lowest BCUT2D eigenvalue weighted by atomic mass is 9.85. The van der Waals surface area contributed by atoms with E-state index in [0.29, 0.717) is 36.4 Å². The Bertz CT molecular complexity index is 800. The standard InChI is InChI=1S/C19H30N4O3S.ClH/c1-13(15-3-2-7-20-11-15)9-19(24)21-18-10-17(14-4-5-14)22-23(18)16-6-8-27(25,26)12-16;/h10,13-16,20H,2-9,11-12H2,1H3,(H,21,24);1H. The molecule has 3 heterocycles. The number of sulfone groups is 1. The number of rotatable bonds is 6. The van der Waals surface area contributed by atoms with Gasteiger partial charge in [0, 0.05) is 18.4 Å². The maximum Gasteiger partial charge on any atom is 0.225 e. The van der Waals surface area contributed by atoms with Crippen LogP contribution < -0.4 is 10.6 Å². The summed E-state index contributed by atoms with van der Waals surface area (Å²) in [5.74, 6) is 2.31. The molecule has 2 saturated heterocycles. The summed E-state index contributed by atoms with van der Waals surface area (Å²) in [6, 6.07) is 1.78. The zero-order valence-electron chi connectivity index (χ0n) is 16.4. The van der Waals surface area contributed by atoms with Crippen LogP contribution >= 0.6 is 12.4 Å². The van der Waals surface area contributed by atoms with Crippen molar-refractivity contribution in [3.63, 3.8) is 0 Å². The predicted molar refractivity (Wildman–Crippen MR) is 112 cm³/mol. The smallest absolute Gasteiger partial charge is 0.225 e. The van der Waals surface area contributed by atoms with Crippen LogP contribution in [-0.4, -0.2) is 48.7 Å². The van der Waals surface area contributed by atoms with Crippen molar-refractivity contribution in [2.24, 2.45) is 11.8 Å². The maximum absolute atomic E-state index is 12.7. The van der Waals surface area contributed by atoms with Crippen LogP contribution in [0.3, 0.4) is 0 Å². The van der Waals surface area contributed by atoms with Gasteiger partial charge < -0.3 is 10.6 Å². The summed E-state index contributed by atoms with van der Waals surface area (Å²) in [7, 11) is -3.00. The summed E-state index contributed by atoms with van der Waals surface area (Å²) >= 11 is 0. The minimum absolute atomic E-state index is 0. The van der Waals surface area contributed by atoms with E-state index in [0.717, 1.165) is 31.6 Å². The fourth-order valence-corrected chi connectivity index (χ4v) is 6.04. The van der Waals surface area contributed by atoms with Gasteiger partial charge >= 0.3 is 0 Å². The van der Waals surface area contributed by atoms with Gasteiger partial charge in [0.05, 0.1) is 23.2 Å². The van der Waals surface area contributed by atoms with Crippen LogP contribution in [0.25, 0.3) is 0 Å². The van der Waals surface area contributed by atoms with E-state index in [1.807, 2.05) is 6.07 Å². The molecule has 0 radical (unpaired) electrons. The second-order valence-corrected chi connectivity index (χ2v) is 10.8. The number of nitrogens with zero attached hydrogens (tertiary/aromatic N) is 2. The summed E-state index contributed by atoms with van der Waals surface area (Å²) in [6.45, 7) is 4.20. The number of nitrogens with one attached hydrogen (secondary N) is 2. The van der Waals surface area contributed by atoms with E-state index in [9.17, 15) is 13.2 Å². The number of carbonyl (C=O) groups is 1. The fraction of sp³-hybridized carbons (Fsp3) is 0.789. The third-order valence-corrected chi connectivity index (χ3v) is 7.97. The molecule has 3 aliphatic rings. The minimum atomic E-state index is -3.00. The van der Waals surface area contributed by atoms with E-state index in [4.69, 9.17) is 0 Å². The Morgan fingerprint density at radius 2 is 2.14 bits per heavy atom. The number of hydrogen-bond acceptors (Lipinski definition) is 5. The molecule has 4 rings (SSSR count). The van der Waals surface area contributed by atoms with Gasteiger partial charge in [-0.2, -0.15) is 5.10 Å². The van der Waals surface area contributed by atoms with Gasteiger partial charge in [-0.15, -0.1) is 12.4 Å². The van der Waals surface area contributed by atoms with Crippen molar-refractivity contribution >= 4 is 34.0 Å². The molecule has 3 fully saturated rings. The molecule has 1 saturated carbocycles. The molecular formula is C19H31ClN4O3S. The molecule has 0 aromatic carbocycles. The Hall–Kier alpha value is -1.12. The first-order valence-corrected chi connectivity index (χ1v) is 12.0. The van der Waals surface area contributed by atoms with Crippen LogP contribution in [0, 0.1) is 11.8 Å². The van der Waals surface area contributed by atoms with Gasteiger partial charge in [-0.25, -0.2) is 13.1 Å². The van der Waals surface area contributed by atoms with Gasteiger partial charge in [-0.05, 0) is 57.0 Å². The zero-order valence-corrected chi connectivity index (χ0v) is 18.0. The molecule has 2 aliphatic heterocycles. The number of halogens is 1. The van der Waals surface area contributed by atoms with Crippen LogP contribution in [0.4, 0.5) is 5.82 Å². The Morgan fingerprint density at radius 3 is 2.75 bits per heavy atom. The summed E-state index contributed by atoms with van der Waals surface area (Å²) < 4.78 is 25.5. The number of piperidine rings is 1. The van der Waals surface area contributed by atoms with Crippen LogP contribution in [0.15, 0.2) is 6.07 Å². The topological polar surface area (TPSA) is 93.1 Å². The van der Waals surface area contributed by atoms with E-state index in [1.165, 1.54) is 12.8 Å². The van der Waals surface area contributed by atoms with Crippen LogP contribution in [0.2, 0.25) is 0 Å². The van der Waals surface area contributed by atoms with Crippen molar-refractivity contribution in [3.05, 3.63) is 11.8 Å². The molecule has 0 spiro atoms. The molecule has 7 nitrogen and oxygen atoms in total. The molecule has 1 amide bonds. The number of carbonyl (C=O) groups excluding carboxylic acids is 1. The predicted octanol–water partition coefficient (Wildman–Crippen LogP) is 2.51. The van der Waals surface area contributed by atoms with Crippen molar-refractivity contribution in [1.82, 2.24) is 15.1 Å². The van der Waals surface area contributed by atoms with E-state index >= 15 is 0 Å². The van der Waals surface area contributed by atoms with Crippen molar-refractivity contribution < 1.29 is 13.2 Å². The Labute approximate surface area is 173 Å². The normalized spacial score (nSPS) is 27.8. The van der Waals surface area contributed by atoms with Gasteiger partial charge in [0.1, 0.15) is 5.82 Å². The molecule has 0 bridgehead atoms. The van der Waals surface area contributed by atoms with E-state index in [1.54, 1.807) is 4.68 Å². The highest BCUT2D eigenvalue weighted by atomic mass is 35.5. The molecule has 3 unspecified atom stereocenters. The summed E-state index contributed by atoms with van der Waals surface area (Å²) in [5.41, 5.74) is 0.985. The highest BCUT2D eigenvalue weighted by Gasteiger charge is 2.34. The average molecular weight is 431 g/mol. The molecule has 3 atom stereocenters. The Kier molecular flexibility index (Phi) is 6.72. The molecule has 1 aliphatic carbocycles. The van der Waals surface area contributed by atoms with E-state index in [2.05, 4.69) is 22.7 Å². The highest BCUT2D eigenvalue weighted by molar-refractivity contribution is 7.91. The number of aromatic nitrogens is 2. The number of anilines is 1. The lowest BCUT2D eigenvalue weighted by Crippen LogP contribution is -2.34. The third-order valence-electron chi connectivity index (χ3n) is 6.22. The SMILES string of the molecule is CC(CC(=O)Nc1cc(C2CC2)nn1C1CCS(=O)(=O)C1)C1CCCNC1.Cl. The van der Waals surface area contributed by atoms with Gasteiger partial charge in [0.25, 0.3) is 0 Å². The first-order valence-electron chi connectivity index (χ1n) is 10.2. The molecule has 28 heavy (non-hydrogen) atoms. The second kappa shape index (κ2) is 8.71. The van der Waals surface area contributed by atoms with Gasteiger partial charge in [-0.1, -0.05) is 6.92 Å². The molecule has 158 valence electrons. The molecule has 9 heteroatoms. The van der Waals surface area contributed by atoms with Crippen molar-refractivity contribution in [3.8, 4) is 0 Å². The van der Waals surface area contributed by atoms with Crippen LogP contribution in [-0.2, 0) is 14.6 Å². The monoisotopic (exact) mass is 430 g/mol. The average Bonchev–Trinajstić information content (AvgIpc) is 3.31. The van der Waals surface area contributed by atoms with Crippen LogP contribution in [0.5, 0.6) is 0 Å². The van der Waals surface area contributed by atoms with E-state index < -0.39 is 9.84 Å². The molecular weight excluding hydrogens is 400 g/mol. The zero-order chi connectivity index (χ0) is 19.0. The Morgan fingerprint density at radius 1 is 1.36 bits per heavy atom. The first kappa shape index (κ1) is 21.6. The van der Waals surface area contributed by atoms with Crippen molar-refractivity contribution in [2.45, 2.75) is 57.4 Å². The van der Waals surface area contributed by atoms with Gasteiger partial charge in [-0.3, -0.25) is 4.79 Å². The highest BCUT2D eigenvalue weighted by Crippen LogP contribution is 2.41. The maximum atomic E-state index is 12.7. The molecule has 2 N–H and O–H groups in total. The first-order chi connectivity index (χ1) is 12.9. The molecule has 1 aromatic rings. The van der Waals surface area contributed by atoms with Crippen molar-refractivity contribution in [1.29, 1.82) is 0 Å². The third kappa shape index (κ3) is 5.07. The quantitative estimate of drug-likeness (QED) is 0.723. The minimum Gasteiger partial charge on any atom is -0.316 e. The van der Waals surface area contributed by atoms with E-state index in [-0.39, 0.29) is 35.9 Å². The van der Waals surface area contributed by atoms with Gasteiger partial charge in [0.15, 0.2) is 9.84 Å².